The van der Waals surface area contributed by atoms with E-state index in [-0.39, 0.29) is 16.7 Å². The Bertz CT molecular complexity index is 1230. The van der Waals surface area contributed by atoms with Gasteiger partial charge < -0.3 is 4.90 Å². The van der Waals surface area contributed by atoms with Gasteiger partial charge in [0.1, 0.15) is 0 Å². The first-order chi connectivity index (χ1) is 15.3. The van der Waals surface area contributed by atoms with E-state index in [4.69, 9.17) is 5.10 Å². The molecule has 3 aromatic rings. The number of hydrogen-bond donors (Lipinski definition) is 0. The number of nitrogens with zero attached hydrogens (tertiary/aromatic N) is 3. The maximum atomic E-state index is 13.6. The number of aromatic nitrogens is 2. The summed E-state index contributed by atoms with van der Waals surface area (Å²) in [5.41, 5.74) is 4.44. The summed E-state index contributed by atoms with van der Waals surface area (Å²) in [5, 5.41) is 4.71. The number of carbonyl (C=O) groups excluding carboxylic acids is 1. The molecule has 1 aliphatic heterocycles. The molecule has 7 heteroatoms. The Kier molecular flexibility index (Phi) is 6.20. The maximum Gasteiger partial charge on any atom is 0.254 e. The number of amides is 1. The average Bonchev–Trinajstić information content (AvgIpc) is 3.23. The smallest absolute Gasteiger partial charge is 0.254 e. The second-order valence-electron chi connectivity index (χ2n) is 8.39. The minimum atomic E-state index is -3.41. The second kappa shape index (κ2) is 8.90. The largest absolute Gasteiger partial charge is 0.334 e. The first kappa shape index (κ1) is 22.3. The molecule has 0 fully saturated rings. The van der Waals surface area contributed by atoms with Gasteiger partial charge in [-0.1, -0.05) is 38.1 Å². The summed E-state index contributed by atoms with van der Waals surface area (Å²) in [7, 11) is -3.41. The van der Waals surface area contributed by atoms with Crippen molar-refractivity contribution in [2.45, 2.75) is 50.5 Å². The first-order valence-corrected chi connectivity index (χ1v) is 13.0. The van der Waals surface area contributed by atoms with Crippen LogP contribution < -0.4 is 0 Å². The van der Waals surface area contributed by atoms with Crippen molar-refractivity contribution < 1.29 is 13.2 Å². The summed E-state index contributed by atoms with van der Waals surface area (Å²) in [6, 6.07) is 14.9. The lowest BCUT2D eigenvalue weighted by Crippen LogP contribution is -2.36. The SMILES string of the molecule is CCC(CC)c1ccc(S(C)(=O)=O)cc1C(=O)N1CCc2nn(-c3ccccc3)cc2C1. The molecule has 2 aromatic carbocycles. The number of rotatable bonds is 6. The lowest BCUT2D eigenvalue weighted by atomic mass is 9.89. The predicted octanol–water partition coefficient (Wildman–Crippen LogP) is 4.38. The highest BCUT2D eigenvalue weighted by Gasteiger charge is 2.28. The Labute approximate surface area is 189 Å². The Balaban J connectivity index is 1.67. The van der Waals surface area contributed by atoms with Gasteiger partial charge in [-0.2, -0.15) is 5.10 Å². The van der Waals surface area contributed by atoms with Crippen molar-refractivity contribution in [3.8, 4) is 5.69 Å². The molecule has 0 saturated heterocycles. The third-order valence-electron chi connectivity index (χ3n) is 6.27. The lowest BCUT2D eigenvalue weighted by Gasteiger charge is -2.28. The third kappa shape index (κ3) is 4.35. The molecular weight excluding hydrogens is 422 g/mol. The summed E-state index contributed by atoms with van der Waals surface area (Å²) in [5.74, 6) is 0.0965. The molecule has 4 rings (SSSR count). The molecule has 1 aromatic heterocycles. The fourth-order valence-corrected chi connectivity index (χ4v) is 5.05. The molecule has 32 heavy (non-hydrogen) atoms. The van der Waals surface area contributed by atoms with Gasteiger partial charge in [-0.25, -0.2) is 13.1 Å². The van der Waals surface area contributed by atoms with E-state index in [0.717, 1.165) is 35.3 Å². The average molecular weight is 452 g/mol. The minimum absolute atomic E-state index is 0.115. The standard InChI is InChI=1S/C25H29N3O3S/c1-4-18(5-2)22-12-11-21(32(3,30)31)15-23(22)25(29)27-14-13-24-19(16-27)17-28(26-24)20-9-7-6-8-10-20/h6-12,15,17-18H,4-5,13-14,16H2,1-3H3. The Morgan fingerprint density at radius 2 is 1.81 bits per heavy atom. The number of sulfone groups is 1. The Hall–Kier alpha value is -2.93. The molecule has 0 saturated carbocycles. The Morgan fingerprint density at radius 1 is 1.09 bits per heavy atom. The summed E-state index contributed by atoms with van der Waals surface area (Å²) < 4.78 is 26.2. The van der Waals surface area contributed by atoms with Crippen LogP contribution in [0.25, 0.3) is 5.69 Å². The van der Waals surface area contributed by atoms with Crippen LogP contribution in [-0.2, 0) is 22.8 Å². The van der Waals surface area contributed by atoms with Crippen molar-refractivity contribution in [2.24, 2.45) is 0 Å². The van der Waals surface area contributed by atoms with Gasteiger partial charge >= 0.3 is 0 Å². The minimum Gasteiger partial charge on any atom is -0.334 e. The summed E-state index contributed by atoms with van der Waals surface area (Å²) in [4.78, 5) is 15.6. The van der Waals surface area contributed by atoms with Gasteiger partial charge in [0, 0.05) is 43.1 Å². The highest BCUT2D eigenvalue weighted by atomic mass is 32.2. The van der Waals surface area contributed by atoms with Crippen molar-refractivity contribution in [3.05, 3.63) is 77.1 Å². The monoisotopic (exact) mass is 451 g/mol. The van der Waals surface area contributed by atoms with E-state index >= 15 is 0 Å². The van der Waals surface area contributed by atoms with Crippen molar-refractivity contribution in [2.75, 3.05) is 12.8 Å². The third-order valence-corrected chi connectivity index (χ3v) is 7.38. The van der Waals surface area contributed by atoms with E-state index in [0.29, 0.717) is 25.1 Å². The van der Waals surface area contributed by atoms with Crippen LogP contribution in [0.15, 0.2) is 59.6 Å². The van der Waals surface area contributed by atoms with Crippen LogP contribution in [0.4, 0.5) is 0 Å². The molecule has 1 aliphatic rings. The van der Waals surface area contributed by atoms with Gasteiger partial charge in [0.15, 0.2) is 9.84 Å². The summed E-state index contributed by atoms with van der Waals surface area (Å²) >= 11 is 0. The van der Waals surface area contributed by atoms with Crippen LogP contribution in [0.5, 0.6) is 0 Å². The topological polar surface area (TPSA) is 72.3 Å². The molecule has 2 heterocycles. The molecule has 0 aliphatic carbocycles. The highest BCUT2D eigenvalue weighted by Crippen LogP contribution is 2.30. The summed E-state index contributed by atoms with van der Waals surface area (Å²) in [6.07, 6.45) is 5.62. The highest BCUT2D eigenvalue weighted by molar-refractivity contribution is 7.90. The van der Waals surface area contributed by atoms with Crippen molar-refractivity contribution in [1.29, 1.82) is 0 Å². The van der Waals surface area contributed by atoms with Crippen molar-refractivity contribution in [1.82, 2.24) is 14.7 Å². The maximum absolute atomic E-state index is 13.6. The quantitative estimate of drug-likeness (QED) is 0.558. The zero-order chi connectivity index (χ0) is 22.9. The first-order valence-electron chi connectivity index (χ1n) is 11.1. The molecule has 6 nitrogen and oxygen atoms in total. The van der Waals surface area contributed by atoms with E-state index in [1.54, 1.807) is 12.1 Å². The van der Waals surface area contributed by atoms with Crippen LogP contribution >= 0.6 is 0 Å². The lowest BCUT2D eigenvalue weighted by molar-refractivity contribution is 0.0732. The van der Waals surface area contributed by atoms with Crippen molar-refractivity contribution >= 4 is 15.7 Å². The number of carbonyl (C=O) groups is 1. The molecule has 168 valence electrons. The Morgan fingerprint density at radius 3 is 2.47 bits per heavy atom. The molecule has 0 N–H and O–H groups in total. The molecule has 0 unspecified atom stereocenters. The van der Waals surface area contributed by atoms with E-state index in [2.05, 4.69) is 13.8 Å². The molecule has 0 atom stereocenters. The summed E-state index contributed by atoms with van der Waals surface area (Å²) in [6.45, 7) is 5.21. The van der Waals surface area contributed by atoms with E-state index < -0.39 is 9.84 Å². The van der Waals surface area contributed by atoms with Crippen LogP contribution in [0.2, 0.25) is 0 Å². The number of fused-ring (bicyclic) bond motifs is 1. The second-order valence-corrected chi connectivity index (χ2v) is 10.4. The number of hydrogen-bond acceptors (Lipinski definition) is 4. The van der Waals surface area contributed by atoms with E-state index in [1.165, 1.54) is 6.26 Å². The number of para-hydroxylation sites is 1. The fourth-order valence-electron chi connectivity index (χ4n) is 4.41. The normalized spacial score (nSPS) is 13.9. The van der Waals surface area contributed by atoms with E-state index in [9.17, 15) is 13.2 Å². The molecule has 1 amide bonds. The molecule has 0 spiro atoms. The fraction of sp³-hybridized carbons (Fsp3) is 0.360. The van der Waals surface area contributed by atoms with Gasteiger partial charge in [-0.05, 0) is 48.6 Å². The van der Waals surface area contributed by atoms with Gasteiger partial charge in [0.2, 0.25) is 0 Å². The van der Waals surface area contributed by atoms with Crippen LogP contribution in [0.1, 0.15) is 59.8 Å². The molecule has 0 radical (unpaired) electrons. The van der Waals surface area contributed by atoms with Crippen LogP contribution in [0, 0.1) is 0 Å². The van der Waals surface area contributed by atoms with E-state index in [1.807, 2.05) is 52.2 Å². The van der Waals surface area contributed by atoms with Gasteiger partial charge in [-0.3, -0.25) is 4.79 Å². The molecule has 0 bridgehead atoms. The predicted molar refractivity (Wildman–Crippen MR) is 125 cm³/mol. The van der Waals surface area contributed by atoms with Crippen molar-refractivity contribution in [3.63, 3.8) is 0 Å². The molecular formula is C25H29N3O3S. The van der Waals surface area contributed by atoms with Gasteiger partial charge in [-0.15, -0.1) is 0 Å². The zero-order valence-corrected chi connectivity index (χ0v) is 19.6. The number of benzene rings is 2. The zero-order valence-electron chi connectivity index (χ0n) is 18.8. The van der Waals surface area contributed by atoms with Gasteiger partial charge in [0.25, 0.3) is 5.91 Å². The van der Waals surface area contributed by atoms with Gasteiger partial charge in [0.05, 0.1) is 16.3 Å². The van der Waals surface area contributed by atoms with Crippen LogP contribution in [-0.4, -0.2) is 41.8 Å². The van der Waals surface area contributed by atoms with Crippen LogP contribution in [0.3, 0.4) is 0 Å².